The Morgan fingerprint density at radius 3 is 2.55 bits per heavy atom. The zero-order chi connectivity index (χ0) is 23.8. The van der Waals surface area contributed by atoms with Crippen molar-refractivity contribution in [3.63, 3.8) is 0 Å². The van der Waals surface area contributed by atoms with Gasteiger partial charge in [0.25, 0.3) is 0 Å². The summed E-state index contributed by atoms with van der Waals surface area (Å²) in [6.07, 6.45) is 3.12. The Hall–Kier alpha value is -3.96. The molecule has 170 valence electrons. The van der Waals surface area contributed by atoms with E-state index in [1.165, 1.54) is 11.6 Å². The molecule has 2 aromatic heterocycles. The number of sulfonamides is 1. The maximum Gasteiger partial charge on any atom is 0.348 e. The van der Waals surface area contributed by atoms with E-state index in [-0.39, 0.29) is 17.9 Å². The molecular formula is C22H21N5O5S. The first-order chi connectivity index (χ1) is 15.7. The molecule has 2 aromatic carbocycles. The van der Waals surface area contributed by atoms with Gasteiger partial charge in [-0.3, -0.25) is 4.98 Å². The maximum atomic E-state index is 13.2. The summed E-state index contributed by atoms with van der Waals surface area (Å²) in [7, 11) is -2.81. The van der Waals surface area contributed by atoms with Crippen molar-refractivity contribution in [2.75, 3.05) is 7.05 Å². The standard InChI is InChI=1S/C22H21N5O5S/c1-14-6-3-4-8-17(14)27-21(24-25-22(27)30)16-10-20(19(29)11-18(16)28)33(31,32)26(2)13-15-7-5-9-23-12-15/h3-12,28-29H,13H2,1-2H3,(H,25,30). The minimum absolute atomic E-state index is 0.00170. The van der Waals surface area contributed by atoms with E-state index >= 15 is 0 Å². The van der Waals surface area contributed by atoms with Crippen LogP contribution in [0.4, 0.5) is 0 Å². The normalized spacial score (nSPS) is 11.7. The minimum Gasteiger partial charge on any atom is -0.507 e. The van der Waals surface area contributed by atoms with Gasteiger partial charge in [-0.25, -0.2) is 22.9 Å². The fourth-order valence-corrected chi connectivity index (χ4v) is 4.70. The Kier molecular flexibility index (Phi) is 5.75. The molecule has 0 bridgehead atoms. The van der Waals surface area contributed by atoms with Gasteiger partial charge < -0.3 is 10.2 Å². The van der Waals surface area contributed by atoms with Crippen molar-refractivity contribution in [2.24, 2.45) is 0 Å². The summed E-state index contributed by atoms with van der Waals surface area (Å²) >= 11 is 0. The lowest BCUT2D eigenvalue weighted by Gasteiger charge is -2.19. The van der Waals surface area contributed by atoms with E-state index in [9.17, 15) is 23.4 Å². The highest BCUT2D eigenvalue weighted by Gasteiger charge is 2.28. The minimum atomic E-state index is -4.17. The van der Waals surface area contributed by atoms with Gasteiger partial charge >= 0.3 is 5.69 Å². The number of H-pyrrole nitrogens is 1. The Labute approximate surface area is 189 Å². The van der Waals surface area contributed by atoms with Crippen LogP contribution < -0.4 is 5.69 Å². The van der Waals surface area contributed by atoms with Gasteiger partial charge in [-0.15, -0.1) is 0 Å². The Morgan fingerprint density at radius 2 is 1.85 bits per heavy atom. The molecular weight excluding hydrogens is 446 g/mol. The molecule has 0 radical (unpaired) electrons. The molecule has 4 aromatic rings. The number of aromatic amines is 1. The molecule has 0 spiro atoms. The number of pyridine rings is 1. The van der Waals surface area contributed by atoms with Gasteiger partial charge in [0, 0.05) is 32.1 Å². The summed E-state index contributed by atoms with van der Waals surface area (Å²) in [5, 5.41) is 27.2. The van der Waals surface area contributed by atoms with Gasteiger partial charge in [0.05, 0.1) is 11.3 Å². The fraction of sp³-hybridized carbons (Fsp3) is 0.136. The van der Waals surface area contributed by atoms with Crippen molar-refractivity contribution < 1.29 is 18.6 Å². The van der Waals surface area contributed by atoms with Crippen molar-refractivity contribution in [3.05, 3.63) is 82.5 Å². The quantitative estimate of drug-likeness (QED) is 0.394. The van der Waals surface area contributed by atoms with Crippen molar-refractivity contribution in [2.45, 2.75) is 18.4 Å². The van der Waals surface area contributed by atoms with Crippen molar-refractivity contribution >= 4 is 10.0 Å². The number of hydrogen-bond acceptors (Lipinski definition) is 7. The third-order valence-corrected chi connectivity index (χ3v) is 7.00. The van der Waals surface area contributed by atoms with E-state index in [1.54, 1.807) is 49.6 Å². The zero-order valence-electron chi connectivity index (χ0n) is 17.8. The van der Waals surface area contributed by atoms with E-state index in [0.29, 0.717) is 11.3 Å². The van der Waals surface area contributed by atoms with Crippen molar-refractivity contribution in [3.8, 4) is 28.6 Å². The van der Waals surface area contributed by atoms with Crippen molar-refractivity contribution in [1.29, 1.82) is 0 Å². The molecule has 0 unspecified atom stereocenters. The van der Waals surface area contributed by atoms with Crippen LogP contribution in [-0.2, 0) is 16.6 Å². The highest BCUT2D eigenvalue weighted by molar-refractivity contribution is 7.89. The molecule has 0 saturated heterocycles. The summed E-state index contributed by atoms with van der Waals surface area (Å²) in [4.78, 5) is 16.1. The molecule has 0 fully saturated rings. The number of phenols is 2. The number of hydrogen-bond donors (Lipinski definition) is 3. The van der Waals surface area contributed by atoms with E-state index in [2.05, 4.69) is 15.2 Å². The van der Waals surface area contributed by atoms with Gasteiger partial charge in [0.2, 0.25) is 10.0 Å². The topological polar surface area (TPSA) is 141 Å². The first kappa shape index (κ1) is 22.2. The summed E-state index contributed by atoms with van der Waals surface area (Å²) in [5.74, 6) is -1.07. The number of nitrogens with one attached hydrogen (secondary N) is 1. The molecule has 3 N–H and O–H groups in total. The van der Waals surface area contributed by atoms with E-state index in [0.717, 1.165) is 22.0 Å². The molecule has 10 nitrogen and oxygen atoms in total. The second-order valence-corrected chi connectivity index (χ2v) is 9.45. The van der Waals surface area contributed by atoms with Crippen LogP contribution in [0.5, 0.6) is 11.5 Å². The Balaban J connectivity index is 1.83. The third-order valence-electron chi connectivity index (χ3n) is 5.16. The molecule has 33 heavy (non-hydrogen) atoms. The van der Waals surface area contributed by atoms with Crippen LogP contribution in [0.1, 0.15) is 11.1 Å². The lowest BCUT2D eigenvalue weighted by atomic mass is 10.1. The van der Waals surface area contributed by atoms with Gasteiger partial charge in [0.15, 0.2) is 5.82 Å². The number of phenolic OH excluding ortho intramolecular Hbond substituents is 2. The first-order valence-electron chi connectivity index (χ1n) is 9.85. The number of para-hydroxylation sites is 1. The Morgan fingerprint density at radius 1 is 1.09 bits per heavy atom. The number of benzene rings is 2. The molecule has 4 rings (SSSR count). The van der Waals surface area contributed by atoms with Gasteiger partial charge in [-0.1, -0.05) is 24.3 Å². The van der Waals surface area contributed by atoms with Gasteiger partial charge in [-0.2, -0.15) is 9.40 Å². The Bertz CT molecular complexity index is 1480. The summed E-state index contributed by atoms with van der Waals surface area (Å²) < 4.78 is 28.8. The van der Waals surface area contributed by atoms with Crippen molar-refractivity contribution in [1.82, 2.24) is 24.1 Å². The van der Waals surface area contributed by atoms with Gasteiger partial charge in [0.1, 0.15) is 16.4 Å². The summed E-state index contributed by atoms with van der Waals surface area (Å²) in [6, 6.07) is 12.5. The largest absolute Gasteiger partial charge is 0.507 e. The number of aromatic hydroxyl groups is 2. The van der Waals surface area contributed by atoms with E-state index < -0.39 is 32.1 Å². The first-order valence-corrected chi connectivity index (χ1v) is 11.3. The number of aryl methyl sites for hydroxylation is 1. The number of nitrogens with zero attached hydrogens (tertiary/aromatic N) is 4. The zero-order valence-corrected chi connectivity index (χ0v) is 18.6. The van der Waals surface area contributed by atoms with E-state index in [4.69, 9.17) is 0 Å². The lowest BCUT2D eigenvalue weighted by Crippen LogP contribution is -2.26. The molecule has 0 aliphatic carbocycles. The molecule has 0 aliphatic rings. The van der Waals surface area contributed by atoms with Crippen LogP contribution in [0, 0.1) is 6.92 Å². The maximum absolute atomic E-state index is 13.2. The molecule has 11 heteroatoms. The average Bonchev–Trinajstić information content (AvgIpc) is 3.15. The number of rotatable bonds is 6. The second kappa shape index (κ2) is 8.52. The molecule has 0 atom stereocenters. The lowest BCUT2D eigenvalue weighted by molar-refractivity contribution is 0.429. The van der Waals surface area contributed by atoms with Crippen LogP contribution in [0.25, 0.3) is 17.1 Å². The second-order valence-electron chi connectivity index (χ2n) is 7.43. The third kappa shape index (κ3) is 4.11. The monoisotopic (exact) mass is 467 g/mol. The average molecular weight is 468 g/mol. The molecule has 2 heterocycles. The summed E-state index contributed by atoms with van der Waals surface area (Å²) in [6.45, 7) is 1.82. The molecule has 0 amide bonds. The number of aromatic nitrogens is 4. The predicted molar refractivity (Wildman–Crippen MR) is 121 cm³/mol. The van der Waals surface area contributed by atoms with Crippen LogP contribution >= 0.6 is 0 Å². The molecule has 0 aliphatic heterocycles. The van der Waals surface area contributed by atoms with E-state index in [1.807, 2.05) is 6.07 Å². The van der Waals surface area contributed by atoms with Crippen LogP contribution in [-0.4, -0.2) is 49.7 Å². The highest BCUT2D eigenvalue weighted by Crippen LogP contribution is 2.37. The van der Waals surface area contributed by atoms with Crippen LogP contribution in [0.3, 0.4) is 0 Å². The SMILES string of the molecule is Cc1ccccc1-n1c(-c2cc(S(=O)(=O)N(C)Cc3cccnc3)c(O)cc2O)n[nH]c1=O. The van der Waals surface area contributed by atoms with Crippen LogP contribution in [0.2, 0.25) is 0 Å². The van der Waals surface area contributed by atoms with Gasteiger partial charge in [-0.05, 0) is 36.2 Å². The summed E-state index contributed by atoms with van der Waals surface area (Å²) in [5.41, 5.74) is 1.33. The highest BCUT2D eigenvalue weighted by atomic mass is 32.2. The molecule has 0 saturated carbocycles. The smallest absolute Gasteiger partial charge is 0.348 e. The fourth-order valence-electron chi connectivity index (χ4n) is 3.46. The predicted octanol–water partition coefficient (Wildman–Crippen LogP) is 2.16. The van der Waals surface area contributed by atoms with Crippen LogP contribution in [0.15, 0.2) is 70.6 Å².